The lowest BCUT2D eigenvalue weighted by atomic mass is 9.75. The van der Waals surface area contributed by atoms with Gasteiger partial charge in [0.2, 0.25) is 5.91 Å². The van der Waals surface area contributed by atoms with Crippen molar-refractivity contribution in [1.82, 2.24) is 15.2 Å². The average Bonchev–Trinajstić information content (AvgIpc) is 3.39. The topological polar surface area (TPSA) is 110 Å². The number of carbonyl (C=O) groups excluding carboxylic acids is 1. The normalized spacial score (nSPS) is 19.0. The number of oxazole rings is 1. The second-order valence-electron chi connectivity index (χ2n) is 6.67. The van der Waals surface area contributed by atoms with Crippen LogP contribution in [0.2, 0.25) is 0 Å². The minimum absolute atomic E-state index is 0.0416. The number of aromatic nitrogens is 3. The summed E-state index contributed by atoms with van der Waals surface area (Å²) in [6, 6.07) is 17.5. The van der Waals surface area contributed by atoms with Gasteiger partial charge in [-0.1, -0.05) is 54.6 Å². The highest BCUT2D eigenvalue weighted by Gasteiger charge is 2.60. The summed E-state index contributed by atoms with van der Waals surface area (Å²) in [6.07, 6.45) is 0. The molecule has 1 aliphatic heterocycles. The van der Waals surface area contributed by atoms with Gasteiger partial charge >= 0.3 is 0 Å². The molecular weight excluding hydrogens is 342 g/mol. The Balaban J connectivity index is 1.75. The van der Waals surface area contributed by atoms with E-state index >= 15 is 0 Å². The van der Waals surface area contributed by atoms with E-state index in [1.807, 2.05) is 54.6 Å². The molecule has 3 heterocycles. The number of fused-ring (bicyclic) bond motifs is 7. The number of carbonyl (C=O) groups is 1. The van der Waals surface area contributed by atoms with Gasteiger partial charge in [0.15, 0.2) is 17.0 Å². The number of nitrogens with zero attached hydrogens (tertiary/aromatic N) is 2. The SMILES string of the molecule is Nc1nc2c(o1)-c1ccccc1[C@]21C(=O)Nc2n[nH]c(-c3ccccc3)c21. The smallest absolute Gasteiger partial charge is 0.292 e. The monoisotopic (exact) mass is 355 g/mol. The highest BCUT2D eigenvalue weighted by atomic mass is 16.4. The Morgan fingerprint density at radius 1 is 1.04 bits per heavy atom. The van der Waals surface area contributed by atoms with Crippen molar-refractivity contribution in [2.24, 2.45) is 0 Å². The fourth-order valence-electron chi connectivity index (χ4n) is 4.32. The molecule has 1 spiro atoms. The second-order valence-corrected chi connectivity index (χ2v) is 6.67. The van der Waals surface area contributed by atoms with E-state index in [0.29, 0.717) is 17.3 Å². The zero-order valence-electron chi connectivity index (χ0n) is 14.0. The molecule has 7 heteroatoms. The number of H-pyrrole nitrogens is 1. The molecular formula is C20H13N5O2. The van der Waals surface area contributed by atoms with Gasteiger partial charge < -0.3 is 15.5 Å². The van der Waals surface area contributed by atoms with Crippen molar-refractivity contribution in [3.05, 3.63) is 71.4 Å². The summed E-state index contributed by atoms with van der Waals surface area (Å²) in [5.74, 6) is 0.833. The number of nitrogen functional groups attached to an aromatic ring is 1. The summed E-state index contributed by atoms with van der Waals surface area (Å²) < 4.78 is 5.68. The molecule has 0 saturated heterocycles. The van der Waals surface area contributed by atoms with Crippen molar-refractivity contribution >= 4 is 17.7 Å². The van der Waals surface area contributed by atoms with Crippen molar-refractivity contribution < 1.29 is 9.21 Å². The van der Waals surface area contributed by atoms with Crippen LogP contribution in [0.5, 0.6) is 0 Å². The van der Waals surface area contributed by atoms with Crippen molar-refractivity contribution in [2.45, 2.75) is 5.41 Å². The molecule has 2 aromatic carbocycles. The molecule has 1 amide bonds. The molecule has 4 N–H and O–H groups in total. The van der Waals surface area contributed by atoms with Gasteiger partial charge in [-0.3, -0.25) is 9.89 Å². The van der Waals surface area contributed by atoms with Gasteiger partial charge in [0.1, 0.15) is 5.69 Å². The van der Waals surface area contributed by atoms with Crippen LogP contribution in [0.15, 0.2) is 59.0 Å². The molecule has 0 radical (unpaired) electrons. The number of hydrogen-bond acceptors (Lipinski definition) is 5. The van der Waals surface area contributed by atoms with Gasteiger partial charge in [-0.25, -0.2) is 0 Å². The van der Waals surface area contributed by atoms with E-state index in [9.17, 15) is 4.79 Å². The number of amides is 1. The molecule has 2 aromatic heterocycles. The number of hydrogen-bond donors (Lipinski definition) is 3. The highest BCUT2D eigenvalue weighted by Crippen LogP contribution is 2.58. The summed E-state index contributed by atoms with van der Waals surface area (Å²) >= 11 is 0. The molecule has 27 heavy (non-hydrogen) atoms. The third-order valence-corrected chi connectivity index (χ3v) is 5.35. The van der Waals surface area contributed by atoms with Crippen LogP contribution in [0.1, 0.15) is 16.8 Å². The van der Waals surface area contributed by atoms with E-state index in [2.05, 4.69) is 20.5 Å². The second kappa shape index (κ2) is 4.64. The van der Waals surface area contributed by atoms with Crippen molar-refractivity contribution in [3.63, 3.8) is 0 Å². The number of aromatic amines is 1. The van der Waals surface area contributed by atoms with E-state index in [1.54, 1.807) is 0 Å². The molecule has 7 nitrogen and oxygen atoms in total. The number of anilines is 2. The van der Waals surface area contributed by atoms with Gasteiger partial charge in [-0.15, -0.1) is 0 Å². The van der Waals surface area contributed by atoms with E-state index in [0.717, 1.165) is 27.9 Å². The van der Waals surface area contributed by atoms with Crippen LogP contribution in [0, 0.1) is 0 Å². The van der Waals surface area contributed by atoms with Crippen LogP contribution in [0.3, 0.4) is 0 Å². The lowest BCUT2D eigenvalue weighted by Crippen LogP contribution is -2.36. The van der Waals surface area contributed by atoms with Crippen molar-refractivity contribution in [3.8, 4) is 22.6 Å². The Hall–Kier alpha value is -3.87. The predicted octanol–water partition coefficient (Wildman–Crippen LogP) is 2.91. The molecule has 0 saturated carbocycles. The van der Waals surface area contributed by atoms with Crippen molar-refractivity contribution in [2.75, 3.05) is 11.1 Å². The molecule has 6 rings (SSSR count). The largest absolute Gasteiger partial charge is 0.423 e. The first-order valence-corrected chi connectivity index (χ1v) is 8.53. The highest BCUT2D eigenvalue weighted by molar-refractivity contribution is 6.15. The third-order valence-electron chi connectivity index (χ3n) is 5.35. The Labute approximate surface area is 153 Å². The maximum Gasteiger partial charge on any atom is 0.292 e. The molecule has 130 valence electrons. The van der Waals surface area contributed by atoms with Crippen molar-refractivity contribution in [1.29, 1.82) is 0 Å². The molecule has 4 aromatic rings. The fraction of sp³-hybridized carbons (Fsp3) is 0.0500. The maximum atomic E-state index is 13.3. The molecule has 1 atom stereocenters. The van der Waals surface area contributed by atoms with Gasteiger partial charge in [-0.05, 0) is 11.1 Å². The predicted molar refractivity (Wildman–Crippen MR) is 98.9 cm³/mol. The molecule has 2 aliphatic rings. The quantitative estimate of drug-likeness (QED) is 0.486. The Kier molecular flexibility index (Phi) is 2.46. The zero-order valence-corrected chi connectivity index (χ0v) is 14.0. The Morgan fingerprint density at radius 2 is 1.81 bits per heavy atom. The summed E-state index contributed by atoms with van der Waals surface area (Å²) in [7, 11) is 0. The average molecular weight is 355 g/mol. The number of nitrogens with one attached hydrogen (secondary N) is 2. The first kappa shape index (κ1) is 14.3. The lowest BCUT2D eigenvalue weighted by molar-refractivity contribution is -0.118. The first-order valence-electron chi connectivity index (χ1n) is 8.53. The van der Waals surface area contributed by atoms with Gasteiger partial charge in [0.05, 0.1) is 5.69 Å². The van der Waals surface area contributed by atoms with Crippen LogP contribution in [-0.2, 0) is 10.2 Å². The van der Waals surface area contributed by atoms with E-state index in [-0.39, 0.29) is 11.9 Å². The molecule has 1 aliphatic carbocycles. The Bertz CT molecular complexity index is 1240. The third kappa shape index (κ3) is 1.55. The van der Waals surface area contributed by atoms with Gasteiger partial charge in [-0.2, -0.15) is 10.1 Å². The van der Waals surface area contributed by atoms with Crippen LogP contribution in [-0.4, -0.2) is 21.1 Å². The van der Waals surface area contributed by atoms with Crippen LogP contribution in [0.4, 0.5) is 11.8 Å². The van der Waals surface area contributed by atoms with Crippen LogP contribution < -0.4 is 11.1 Å². The lowest BCUT2D eigenvalue weighted by Gasteiger charge is -2.23. The number of benzene rings is 2. The van der Waals surface area contributed by atoms with Crippen LogP contribution in [0.25, 0.3) is 22.6 Å². The first-order chi connectivity index (χ1) is 13.2. The minimum atomic E-state index is -1.14. The number of rotatable bonds is 1. The van der Waals surface area contributed by atoms with Gasteiger partial charge in [0.25, 0.3) is 6.01 Å². The summed E-state index contributed by atoms with van der Waals surface area (Å²) in [4.78, 5) is 17.8. The van der Waals surface area contributed by atoms with Crippen LogP contribution >= 0.6 is 0 Å². The molecule has 0 fully saturated rings. The van der Waals surface area contributed by atoms with E-state index in [4.69, 9.17) is 10.2 Å². The Morgan fingerprint density at radius 3 is 2.67 bits per heavy atom. The number of nitrogens with two attached hydrogens (primary N) is 1. The zero-order chi connectivity index (χ0) is 18.2. The summed E-state index contributed by atoms with van der Waals surface area (Å²) in [6.45, 7) is 0. The molecule has 0 bridgehead atoms. The summed E-state index contributed by atoms with van der Waals surface area (Å²) in [5, 5.41) is 10.3. The summed E-state index contributed by atoms with van der Waals surface area (Å²) in [5.41, 5.74) is 9.32. The standard InChI is InChI=1S/C20H13N5O2/c21-19-22-16-15(27-19)11-8-4-5-9-12(11)20(16)13-14(10-6-2-1-3-7-10)24-25-17(13)23-18(20)26/h1-9H,(H2,21,22)(H2,23,24,25,26)/t20-/m1/s1. The molecule has 0 unspecified atom stereocenters. The van der Waals surface area contributed by atoms with E-state index < -0.39 is 5.41 Å². The van der Waals surface area contributed by atoms with Gasteiger partial charge in [0, 0.05) is 11.1 Å². The fourth-order valence-corrected chi connectivity index (χ4v) is 4.32. The minimum Gasteiger partial charge on any atom is -0.423 e. The van der Waals surface area contributed by atoms with E-state index in [1.165, 1.54) is 0 Å². The maximum absolute atomic E-state index is 13.3.